The molecule has 3 nitrogen and oxygen atoms in total. The van der Waals surface area contributed by atoms with Crippen molar-refractivity contribution in [2.75, 3.05) is 0 Å². The molecule has 0 saturated carbocycles. The van der Waals surface area contributed by atoms with Crippen molar-refractivity contribution in [2.45, 2.75) is 23.7 Å². The molecular formula is C10H8F4N2OS. The fraction of sp³-hybridized carbons (Fsp3) is 0.300. The van der Waals surface area contributed by atoms with Gasteiger partial charge in [0.15, 0.2) is 5.16 Å². The van der Waals surface area contributed by atoms with Crippen LogP contribution in [0.15, 0.2) is 40.9 Å². The quantitative estimate of drug-likeness (QED) is 0.644. The predicted octanol–water partition coefficient (Wildman–Crippen LogP) is 2.26. The molecule has 1 aliphatic carbocycles. The smallest absolute Gasteiger partial charge is 0.267 e. The first-order valence-corrected chi connectivity index (χ1v) is 5.30. The van der Waals surface area contributed by atoms with Crippen molar-refractivity contribution < 1.29 is 22.7 Å². The van der Waals surface area contributed by atoms with Gasteiger partial charge in [-0.25, -0.2) is 22.5 Å². The molecule has 0 bridgehead atoms. The van der Waals surface area contributed by atoms with Gasteiger partial charge in [-0.15, -0.1) is 12.6 Å². The molecule has 1 heterocycles. The minimum absolute atomic E-state index is 0.00516. The van der Waals surface area contributed by atoms with E-state index in [9.17, 15) is 17.6 Å². The molecule has 18 heavy (non-hydrogen) atoms. The van der Waals surface area contributed by atoms with Crippen LogP contribution < -0.4 is 0 Å². The van der Waals surface area contributed by atoms with Crippen LogP contribution in [0, 0.1) is 0 Å². The van der Waals surface area contributed by atoms with Crippen molar-refractivity contribution in [3.05, 3.63) is 35.7 Å². The molecule has 2 atom stereocenters. The van der Waals surface area contributed by atoms with Crippen molar-refractivity contribution in [3.63, 3.8) is 0 Å². The standard InChI is InChI=1S/C10H8F4N2OS/c11-6-3-10(14,17)8(13)7(12)5(6)4-16-2-1-15-9(16)18/h1-3,8,17H,4H2,(H,15,18). The van der Waals surface area contributed by atoms with Gasteiger partial charge in [-0.05, 0) is 0 Å². The SMILES string of the molecule is OC1(F)C=C(F)C(Cn2ccnc2S)=C(F)C1F. The summed E-state index contributed by atoms with van der Waals surface area (Å²) in [6.45, 7) is -0.399. The number of imidazole rings is 1. The number of allylic oxidation sites excluding steroid dienone is 2. The molecule has 0 radical (unpaired) electrons. The average molecular weight is 280 g/mol. The number of hydrogen-bond acceptors (Lipinski definition) is 3. The zero-order chi connectivity index (χ0) is 13.5. The largest absolute Gasteiger partial charge is 0.356 e. The Balaban J connectivity index is 2.36. The van der Waals surface area contributed by atoms with Crippen LogP contribution in [-0.2, 0) is 6.54 Å². The van der Waals surface area contributed by atoms with E-state index in [1.165, 1.54) is 17.0 Å². The van der Waals surface area contributed by atoms with Crippen LogP contribution in [-0.4, -0.2) is 26.7 Å². The van der Waals surface area contributed by atoms with E-state index in [0.29, 0.717) is 0 Å². The van der Waals surface area contributed by atoms with Crippen LogP contribution in [0.4, 0.5) is 17.6 Å². The molecule has 98 valence electrons. The Bertz CT molecular complexity index is 538. The minimum Gasteiger partial charge on any atom is -0.356 e. The van der Waals surface area contributed by atoms with Crippen LogP contribution >= 0.6 is 12.6 Å². The van der Waals surface area contributed by atoms with Gasteiger partial charge < -0.3 is 9.67 Å². The second kappa shape index (κ2) is 4.43. The van der Waals surface area contributed by atoms with E-state index in [4.69, 9.17) is 5.11 Å². The van der Waals surface area contributed by atoms with Crippen molar-refractivity contribution in [2.24, 2.45) is 0 Å². The lowest BCUT2D eigenvalue weighted by molar-refractivity contribution is -0.0985. The van der Waals surface area contributed by atoms with Gasteiger partial charge in [0.25, 0.3) is 5.85 Å². The maximum Gasteiger partial charge on any atom is 0.267 e. The summed E-state index contributed by atoms with van der Waals surface area (Å²) < 4.78 is 54.4. The lowest BCUT2D eigenvalue weighted by atomic mass is 9.99. The van der Waals surface area contributed by atoms with E-state index in [1.807, 2.05) is 0 Å². The lowest BCUT2D eigenvalue weighted by Crippen LogP contribution is -2.37. The monoisotopic (exact) mass is 280 g/mol. The van der Waals surface area contributed by atoms with Gasteiger partial charge in [0, 0.05) is 24.0 Å². The molecule has 0 fully saturated rings. The summed E-state index contributed by atoms with van der Waals surface area (Å²) in [5.41, 5.74) is -0.682. The number of nitrogens with zero attached hydrogens (tertiary/aromatic N) is 2. The molecule has 2 rings (SSSR count). The van der Waals surface area contributed by atoms with E-state index in [0.717, 1.165) is 0 Å². The van der Waals surface area contributed by atoms with Crippen LogP contribution in [0.5, 0.6) is 0 Å². The van der Waals surface area contributed by atoms with Gasteiger partial charge in [-0.1, -0.05) is 0 Å². The molecule has 8 heteroatoms. The third-order valence-electron chi connectivity index (χ3n) is 2.51. The maximum absolute atomic E-state index is 13.5. The Labute approximate surface area is 105 Å². The molecular weight excluding hydrogens is 272 g/mol. The van der Waals surface area contributed by atoms with E-state index in [-0.39, 0.29) is 11.2 Å². The molecule has 1 aromatic heterocycles. The van der Waals surface area contributed by atoms with Crippen LogP contribution in [0.25, 0.3) is 0 Å². The fourth-order valence-corrected chi connectivity index (χ4v) is 1.75. The van der Waals surface area contributed by atoms with E-state index in [1.54, 1.807) is 0 Å². The Morgan fingerprint density at radius 2 is 2.17 bits per heavy atom. The van der Waals surface area contributed by atoms with Crippen LogP contribution in [0.1, 0.15) is 0 Å². The third kappa shape index (κ3) is 2.17. The number of aromatic nitrogens is 2. The highest BCUT2D eigenvalue weighted by Crippen LogP contribution is 2.37. The zero-order valence-electron chi connectivity index (χ0n) is 8.82. The third-order valence-corrected chi connectivity index (χ3v) is 2.88. The van der Waals surface area contributed by atoms with Gasteiger partial charge >= 0.3 is 0 Å². The first-order valence-electron chi connectivity index (χ1n) is 4.85. The summed E-state index contributed by atoms with van der Waals surface area (Å²) in [6, 6.07) is 0. The number of hydrogen-bond donors (Lipinski definition) is 2. The Hall–Kier alpha value is -1.28. The summed E-state index contributed by atoms with van der Waals surface area (Å²) in [6.07, 6.45) is -0.229. The van der Waals surface area contributed by atoms with Gasteiger partial charge in [0.1, 0.15) is 11.7 Å². The first kappa shape index (κ1) is 13.2. The molecule has 2 unspecified atom stereocenters. The topological polar surface area (TPSA) is 38.0 Å². The Kier molecular flexibility index (Phi) is 3.24. The van der Waals surface area contributed by atoms with Gasteiger partial charge in [-0.2, -0.15) is 0 Å². The minimum atomic E-state index is -3.67. The summed E-state index contributed by atoms with van der Waals surface area (Å²) in [5, 5.41) is 8.98. The molecule has 1 N–H and O–H groups in total. The second-order valence-electron chi connectivity index (χ2n) is 3.76. The summed E-state index contributed by atoms with van der Waals surface area (Å²) in [7, 11) is 0. The fourth-order valence-electron chi connectivity index (χ4n) is 1.55. The number of alkyl halides is 2. The summed E-state index contributed by atoms with van der Waals surface area (Å²) in [4.78, 5) is 3.70. The first-order chi connectivity index (χ1) is 8.33. The number of rotatable bonds is 2. The van der Waals surface area contributed by atoms with E-state index in [2.05, 4.69) is 17.6 Å². The van der Waals surface area contributed by atoms with Crippen molar-refractivity contribution in [1.82, 2.24) is 9.55 Å². The molecule has 0 aromatic carbocycles. The summed E-state index contributed by atoms with van der Waals surface area (Å²) >= 11 is 3.91. The Morgan fingerprint density at radius 1 is 1.50 bits per heavy atom. The van der Waals surface area contributed by atoms with Crippen molar-refractivity contribution in [1.29, 1.82) is 0 Å². The average Bonchev–Trinajstić information content (AvgIpc) is 2.67. The molecule has 1 aromatic rings. The highest BCUT2D eigenvalue weighted by molar-refractivity contribution is 7.80. The van der Waals surface area contributed by atoms with Crippen LogP contribution in [0.2, 0.25) is 0 Å². The molecule has 0 spiro atoms. The highest BCUT2D eigenvalue weighted by atomic mass is 32.1. The predicted molar refractivity (Wildman–Crippen MR) is 57.8 cm³/mol. The number of aliphatic hydroxyl groups is 1. The van der Waals surface area contributed by atoms with E-state index < -0.39 is 35.8 Å². The van der Waals surface area contributed by atoms with Gasteiger partial charge in [-0.3, -0.25) is 0 Å². The normalized spacial score (nSPS) is 28.6. The lowest BCUT2D eigenvalue weighted by Gasteiger charge is -2.25. The number of thiol groups is 1. The van der Waals surface area contributed by atoms with Crippen molar-refractivity contribution >= 4 is 12.6 Å². The Morgan fingerprint density at radius 3 is 2.72 bits per heavy atom. The molecule has 0 aliphatic heterocycles. The van der Waals surface area contributed by atoms with Crippen molar-refractivity contribution in [3.8, 4) is 0 Å². The van der Waals surface area contributed by atoms with E-state index >= 15 is 0 Å². The second-order valence-corrected chi connectivity index (χ2v) is 4.16. The maximum atomic E-state index is 13.5. The molecule has 0 saturated heterocycles. The number of halogens is 4. The highest BCUT2D eigenvalue weighted by Gasteiger charge is 2.45. The summed E-state index contributed by atoms with van der Waals surface area (Å²) in [5.74, 6) is -6.70. The van der Waals surface area contributed by atoms with Crippen LogP contribution in [0.3, 0.4) is 0 Å². The van der Waals surface area contributed by atoms with Gasteiger partial charge in [0.05, 0.1) is 6.54 Å². The molecule has 0 amide bonds. The zero-order valence-corrected chi connectivity index (χ0v) is 9.71. The molecule has 1 aliphatic rings. The van der Waals surface area contributed by atoms with Gasteiger partial charge in [0.2, 0.25) is 6.17 Å².